The fourth-order valence-electron chi connectivity index (χ4n) is 3.94. The van der Waals surface area contributed by atoms with Gasteiger partial charge in [-0.25, -0.2) is 13.6 Å². The number of ether oxygens (including phenoxy) is 1. The standard InChI is InChI=1S/C28H16F2N2O6/c29-17-10-11-24(23(30)12-17)37-20-14-18(13-19(15-20)32(35)36)31-27(33)26-25(16-6-2-1-3-7-16)21-8-4-5-9-22(21)28(34)38-26/h1-15H,(H,31,33). The summed E-state index contributed by atoms with van der Waals surface area (Å²) < 4.78 is 38.1. The van der Waals surface area contributed by atoms with Gasteiger partial charge in [0.15, 0.2) is 11.6 Å². The number of carbonyl (C=O) groups is 1. The molecule has 1 amide bonds. The average molecular weight is 514 g/mol. The van der Waals surface area contributed by atoms with E-state index in [1.54, 1.807) is 54.6 Å². The number of nitrogens with zero attached hydrogens (tertiary/aromatic N) is 1. The topological polar surface area (TPSA) is 112 Å². The number of anilines is 1. The molecule has 0 aliphatic carbocycles. The van der Waals surface area contributed by atoms with Crippen molar-refractivity contribution in [3.63, 3.8) is 0 Å². The Morgan fingerprint density at radius 1 is 0.895 bits per heavy atom. The average Bonchev–Trinajstić information content (AvgIpc) is 2.90. The number of carbonyl (C=O) groups excluding carboxylic acids is 1. The van der Waals surface area contributed by atoms with Gasteiger partial charge in [0.25, 0.3) is 11.6 Å². The van der Waals surface area contributed by atoms with Crippen LogP contribution in [0.15, 0.2) is 100 Å². The van der Waals surface area contributed by atoms with Crippen molar-refractivity contribution >= 4 is 28.1 Å². The van der Waals surface area contributed by atoms with Crippen LogP contribution in [0.1, 0.15) is 10.6 Å². The van der Waals surface area contributed by atoms with Crippen molar-refractivity contribution in [2.45, 2.75) is 0 Å². The number of amides is 1. The van der Waals surface area contributed by atoms with Crippen LogP contribution in [0.2, 0.25) is 0 Å². The van der Waals surface area contributed by atoms with Crippen LogP contribution in [0.4, 0.5) is 20.2 Å². The van der Waals surface area contributed by atoms with Gasteiger partial charge in [0.1, 0.15) is 11.6 Å². The molecule has 0 unspecified atom stereocenters. The van der Waals surface area contributed by atoms with Crippen LogP contribution < -0.4 is 15.7 Å². The minimum Gasteiger partial charge on any atom is -0.454 e. The zero-order chi connectivity index (χ0) is 26.8. The number of nitro benzene ring substituents is 1. The zero-order valence-corrected chi connectivity index (χ0v) is 19.3. The Morgan fingerprint density at radius 2 is 1.61 bits per heavy atom. The van der Waals surface area contributed by atoms with Crippen LogP contribution in [0, 0.1) is 21.7 Å². The maximum Gasteiger partial charge on any atom is 0.344 e. The number of nitrogens with one attached hydrogen (secondary N) is 1. The summed E-state index contributed by atoms with van der Waals surface area (Å²) in [7, 11) is 0. The van der Waals surface area contributed by atoms with Gasteiger partial charge in [-0.3, -0.25) is 14.9 Å². The Hall–Kier alpha value is -5.38. The first-order valence-corrected chi connectivity index (χ1v) is 11.1. The second-order valence-corrected chi connectivity index (χ2v) is 8.11. The molecule has 0 saturated carbocycles. The van der Waals surface area contributed by atoms with Crippen molar-refractivity contribution in [3.8, 4) is 22.6 Å². The van der Waals surface area contributed by atoms with E-state index in [9.17, 15) is 28.5 Å². The second-order valence-electron chi connectivity index (χ2n) is 8.11. The predicted molar refractivity (Wildman–Crippen MR) is 135 cm³/mol. The minimum absolute atomic E-state index is 0.0865. The first-order chi connectivity index (χ1) is 18.3. The quantitative estimate of drug-likeness (QED) is 0.200. The maximum absolute atomic E-state index is 14.1. The van der Waals surface area contributed by atoms with E-state index < -0.39 is 33.8 Å². The molecule has 38 heavy (non-hydrogen) atoms. The van der Waals surface area contributed by atoms with Crippen LogP contribution >= 0.6 is 0 Å². The first-order valence-electron chi connectivity index (χ1n) is 11.1. The van der Waals surface area contributed by atoms with E-state index in [0.717, 1.165) is 24.3 Å². The molecule has 0 saturated heterocycles. The molecule has 0 bridgehead atoms. The lowest BCUT2D eigenvalue weighted by atomic mass is 9.98. The number of non-ortho nitro benzene ring substituents is 1. The van der Waals surface area contributed by atoms with Crippen molar-refractivity contribution in [2.75, 3.05) is 5.32 Å². The smallest absolute Gasteiger partial charge is 0.344 e. The lowest BCUT2D eigenvalue weighted by Crippen LogP contribution is -2.17. The molecule has 8 nitrogen and oxygen atoms in total. The summed E-state index contributed by atoms with van der Waals surface area (Å²) in [5, 5.41) is 14.8. The number of hydrogen-bond donors (Lipinski definition) is 1. The Kier molecular flexibility index (Phi) is 6.36. The number of benzene rings is 4. The molecule has 0 radical (unpaired) electrons. The number of nitro groups is 1. The highest BCUT2D eigenvalue weighted by atomic mass is 19.1. The molecule has 188 valence electrons. The summed E-state index contributed by atoms with van der Waals surface area (Å²) in [4.78, 5) is 36.9. The molecule has 0 fully saturated rings. The van der Waals surface area contributed by atoms with Gasteiger partial charge in [0.2, 0.25) is 5.76 Å². The van der Waals surface area contributed by atoms with Crippen LogP contribution in [0.5, 0.6) is 11.5 Å². The van der Waals surface area contributed by atoms with Crippen molar-refractivity contribution in [1.29, 1.82) is 0 Å². The van der Waals surface area contributed by atoms with Gasteiger partial charge >= 0.3 is 5.63 Å². The molecular formula is C28H16F2N2O6. The summed E-state index contributed by atoms with van der Waals surface area (Å²) in [6.45, 7) is 0. The van der Waals surface area contributed by atoms with E-state index >= 15 is 0 Å². The molecule has 0 atom stereocenters. The van der Waals surface area contributed by atoms with Gasteiger partial charge < -0.3 is 14.5 Å². The summed E-state index contributed by atoms with van der Waals surface area (Å²) >= 11 is 0. The molecule has 1 N–H and O–H groups in total. The van der Waals surface area contributed by atoms with Crippen LogP contribution in [-0.4, -0.2) is 10.8 Å². The van der Waals surface area contributed by atoms with Gasteiger partial charge in [-0.05, 0) is 23.8 Å². The van der Waals surface area contributed by atoms with Gasteiger partial charge in [-0.15, -0.1) is 0 Å². The highest BCUT2D eigenvalue weighted by Crippen LogP contribution is 2.34. The van der Waals surface area contributed by atoms with Crippen molar-refractivity contribution in [3.05, 3.63) is 129 Å². The predicted octanol–water partition coefficient (Wildman–Crippen LogP) is 6.69. The van der Waals surface area contributed by atoms with Crippen LogP contribution in [-0.2, 0) is 0 Å². The zero-order valence-electron chi connectivity index (χ0n) is 19.3. The minimum atomic E-state index is -1.02. The SMILES string of the molecule is O=C(Nc1cc(Oc2ccc(F)cc2F)cc([N+](=O)[O-])c1)c1oc(=O)c2ccccc2c1-c1ccccc1. The number of halogens is 2. The largest absolute Gasteiger partial charge is 0.454 e. The van der Waals surface area contributed by atoms with E-state index in [-0.39, 0.29) is 28.3 Å². The maximum atomic E-state index is 14.1. The Balaban J connectivity index is 1.58. The first kappa shape index (κ1) is 24.3. The Morgan fingerprint density at radius 3 is 2.32 bits per heavy atom. The van der Waals surface area contributed by atoms with E-state index in [4.69, 9.17) is 9.15 Å². The van der Waals surface area contributed by atoms with E-state index in [1.165, 1.54) is 6.07 Å². The summed E-state index contributed by atoms with van der Waals surface area (Å²) in [5.74, 6) is -3.58. The van der Waals surface area contributed by atoms with Crippen LogP contribution in [0.25, 0.3) is 21.9 Å². The Labute approximate surface area is 212 Å². The van der Waals surface area contributed by atoms with Gasteiger partial charge in [-0.2, -0.15) is 0 Å². The van der Waals surface area contributed by atoms with E-state index in [1.807, 2.05) is 0 Å². The third-order valence-electron chi connectivity index (χ3n) is 5.59. The van der Waals surface area contributed by atoms with E-state index in [2.05, 4.69) is 5.32 Å². The lowest BCUT2D eigenvalue weighted by Gasteiger charge is -2.13. The molecule has 0 spiro atoms. The summed E-state index contributed by atoms with van der Waals surface area (Å²) in [6, 6.07) is 21.3. The molecule has 4 aromatic carbocycles. The fourth-order valence-corrected chi connectivity index (χ4v) is 3.94. The van der Waals surface area contributed by atoms with Crippen molar-refractivity contribution in [2.24, 2.45) is 0 Å². The summed E-state index contributed by atoms with van der Waals surface area (Å²) in [5.41, 5.74) is -0.332. The molecule has 5 aromatic rings. The highest BCUT2D eigenvalue weighted by Gasteiger charge is 2.23. The number of fused-ring (bicyclic) bond motifs is 1. The number of rotatable bonds is 6. The van der Waals surface area contributed by atoms with E-state index in [0.29, 0.717) is 22.6 Å². The second kappa shape index (κ2) is 9.94. The highest BCUT2D eigenvalue weighted by molar-refractivity contribution is 6.12. The van der Waals surface area contributed by atoms with Gasteiger partial charge in [0.05, 0.1) is 22.1 Å². The lowest BCUT2D eigenvalue weighted by molar-refractivity contribution is -0.384. The van der Waals surface area contributed by atoms with Crippen molar-refractivity contribution < 1.29 is 27.7 Å². The molecule has 10 heteroatoms. The molecule has 1 aromatic heterocycles. The summed E-state index contributed by atoms with van der Waals surface area (Å²) in [6.07, 6.45) is 0. The van der Waals surface area contributed by atoms with Crippen molar-refractivity contribution in [1.82, 2.24) is 0 Å². The number of hydrogen-bond acceptors (Lipinski definition) is 6. The normalized spacial score (nSPS) is 10.8. The third kappa shape index (κ3) is 4.82. The third-order valence-corrected chi connectivity index (χ3v) is 5.59. The van der Waals surface area contributed by atoms with Gasteiger partial charge in [0, 0.05) is 29.1 Å². The molecule has 0 aliphatic heterocycles. The van der Waals surface area contributed by atoms with Crippen LogP contribution in [0.3, 0.4) is 0 Å². The molecular weight excluding hydrogens is 498 g/mol. The Bertz CT molecular complexity index is 1770. The van der Waals surface area contributed by atoms with Gasteiger partial charge in [-0.1, -0.05) is 48.5 Å². The monoisotopic (exact) mass is 514 g/mol. The fraction of sp³-hybridized carbons (Fsp3) is 0. The molecule has 0 aliphatic rings. The molecule has 1 heterocycles. The molecule has 5 rings (SSSR count).